The first kappa shape index (κ1) is 13.3. The Hall–Kier alpha value is -1.72. The van der Waals surface area contributed by atoms with Crippen LogP contribution in [0.5, 0.6) is 0 Å². The second kappa shape index (κ2) is 4.14. The van der Waals surface area contributed by atoms with Crippen molar-refractivity contribution in [3.05, 3.63) is 28.8 Å². The fourth-order valence-electron chi connectivity index (χ4n) is 2.89. The normalized spacial score (nSPS) is 20.2. The van der Waals surface area contributed by atoms with Gasteiger partial charge in [-0.15, -0.1) is 0 Å². The number of alkyl halides is 3. The second-order valence-corrected chi connectivity index (χ2v) is 5.61. The van der Waals surface area contributed by atoms with E-state index in [2.05, 4.69) is 0 Å². The minimum Gasteiger partial charge on any atom is -0.399 e. The summed E-state index contributed by atoms with van der Waals surface area (Å²) in [6.07, 6.45) is -2.49. The molecule has 20 heavy (non-hydrogen) atoms. The smallest absolute Gasteiger partial charge is 0.399 e. The van der Waals surface area contributed by atoms with Gasteiger partial charge < -0.3 is 10.6 Å². The average Bonchev–Trinajstić information content (AvgIpc) is 3.12. The van der Waals surface area contributed by atoms with Crippen molar-refractivity contribution in [3.8, 4) is 0 Å². The van der Waals surface area contributed by atoms with E-state index in [1.165, 1.54) is 11.0 Å². The molecule has 1 aromatic rings. The van der Waals surface area contributed by atoms with Gasteiger partial charge in [0.1, 0.15) is 0 Å². The molecule has 0 aromatic heterocycles. The van der Waals surface area contributed by atoms with Crippen LogP contribution in [0.25, 0.3) is 0 Å². The maximum Gasteiger partial charge on any atom is 0.417 e. The molecule has 0 bridgehead atoms. The van der Waals surface area contributed by atoms with Crippen molar-refractivity contribution < 1.29 is 18.0 Å². The fourth-order valence-corrected chi connectivity index (χ4v) is 2.89. The summed E-state index contributed by atoms with van der Waals surface area (Å²) in [5.41, 5.74) is 4.83. The van der Waals surface area contributed by atoms with E-state index in [4.69, 9.17) is 5.73 Å². The van der Waals surface area contributed by atoms with Crippen LogP contribution in [0.3, 0.4) is 0 Å². The molecule has 2 aliphatic rings. The second-order valence-electron chi connectivity index (χ2n) is 5.61. The van der Waals surface area contributed by atoms with Crippen LogP contribution >= 0.6 is 0 Å². The Balaban J connectivity index is 2.04. The number of anilines is 1. The van der Waals surface area contributed by atoms with Crippen molar-refractivity contribution >= 4 is 11.6 Å². The summed E-state index contributed by atoms with van der Waals surface area (Å²) >= 11 is 0. The van der Waals surface area contributed by atoms with Gasteiger partial charge in [0.25, 0.3) is 5.91 Å². The number of carbonyl (C=O) groups is 1. The molecule has 0 saturated heterocycles. The van der Waals surface area contributed by atoms with Gasteiger partial charge >= 0.3 is 6.18 Å². The third kappa shape index (κ3) is 2.03. The van der Waals surface area contributed by atoms with E-state index in [1.807, 2.05) is 6.92 Å². The first-order valence-electron chi connectivity index (χ1n) is 6.59. The lowest BCUT2D eigenvalue weighted by Crippen LogP contribution is -2.35. The molecule has 1 aliphatic heterocycles. The summed E-state index contributed by atoms with van der Waals surface area (Å²) in [7, 11) is 0. The maximum atomic E-state index is 13.1. The predicted octanol–water partition coefficient (Wildman–Crippen LogP) is 3.04. The van der Waals surface area contributed by atoms with Gasteiger partial charge in [0.15, 0.2) is 0 Å². The number of fused-ring (bicyclic) bond motifs is 1. The molecule has 1 aromatic carbocycles. The number of nitrogen functional groups attached to an aromatic ring is 1. The summed E-state index contributed by atoms with van der Waals surface area (Å²) in [5, 5.41) is 0. The van der Waals surface area contributed by atoms with E-state index in [0.717, 1.165) is 18.9 Å². The molecule has 1 amide bonds. The van der Waals surface area contributed by atoms with Crippen molar-refractivity contribution in [2.24, 2.45) is 5.92 Å². The largest absolute Gasteiger partial charge is 0.417 e. The van der Waals surface area contributed by atoms with Crippen molar-refractivity contribution in [1.29, 1.82) is 0 Å². The highest BCUT2D eigenvalue weighted by molar-refractivity contribution is 6.00. The first-order chi connectivity index (χ1) is 9.29. The van der Waals surface area contributed by atoms with E-state index >= 15 is 0 Å². The Labute approximate surface area is 114 Å². The molecule has 108 valence electrons. The van der Waals surface area contributed by atoms with Gasteiger partial charge in [-0.3, -0.25) is 4.79 Å². The van der Waals surface area contributed by atoms with Gasteiger partial charge in [-0.1, -0.05) is 0 Å². The number of amides is 1. The van der Waals surface area contributed by atoms with Crippen LogP contribution in [0.2, 0.25) is 0 Å². The topological polar surface area (TPSA) is 46.3 Å². The summed E-state index contributed by atoms with van der Waals surface area (Å²) in [5.74, 6) is -0.105. The highest BCUT2D eigenvalue weighted by Gasteiger charge is 2.44. The van der Waals surface area contributed by atoms with Crippen LogP contribution in [0, 0.1) is 5.92 Å². The molecule has 3 nitrogen and oxygen atoms in total. The van der Waals surface area contributed by atoms with Crippen LogP contribution in [0.15, 0.2) is 12.1 Å². The third-order valence-corrected chi connectivity index (χ3v) is 4.16. The van der Waals surface area contributed by atoms with Crippen LogP contribution in [-0.2, 0) is 12.7 Å². The van der Waals surface area contributed by atoms with Crippen molar-refractivity contribution in [2.75, 3.05) is 5.73 Å². The van der Waals surface area contributed by atoms with Gasteiger partial charge in [-0.2, -0.15) is 13.2 Å². The van der Waals surface area contributed by atoms with Gasteiger partial charge in [0.05, 0.1) is 11.1 Å². The standard InChI is InChI=1S/C14H15F3N2O/c1-7(8-2-3-8)19-6-9-4-10(18)5-11(14(15,16)17)12(9)13(19)20/h4-5,7-8H,2-3,6,18H2,1H3. The molecule has 1 aliphatic carbocycles. The highest BCUT2D eigenvalue weighted by Crippen LogP contribution is 2.42. The Bertz CT molecular complexity index is 579. The van der Waals surface area contributed by atoms with Crippen LogP contribution in [-0.4, -0.2) is 16.8 Å². The van der Waals surface area contributed by atoms with Crippen molar-refractivity contribution in [3.63, 3.8) is 0 Å². The van der Waals surface area contributed by atoms with E-state index in [1.54, 1.807) is 0 Å². The predicted molar refractivity (Wildman–Crippen MR) is 67.9 cm³/mol. The van der Waals surface area contributed by atoms with E-state index in [9.17, 15) is 18.0 Å². The van der Waals surface area contributed by atoms with Crippen molar-refractivity contribution in [1.82, 2.24) is 4.90 Å². The number of rotatable bonds is 2. The summed E-state index contributed by atoms with van der Waals surface area (Å²) in [6.45, 7) is 2.12. The molecule has 1 fully saturated rings. The lowest BCUT2D eigenvalue weighted by Gasteiger charge is -2.24. The molecule has 1 saturated carbocycles. The summed E-state index contributed by atoms with van der Waals surface area (Å²) in [6, 6.07) is 2.31. The zero-order valence-corrected chi connectivity index (χ0v) is 11.0. The Kier molecular flexibility index (Phi) is 2.74. The minimum absolute atomic E-state index is 0.0165. The number of hydrogen-bond acceptors (Lipinski definition) is 2. The molecule has 2 N–H and O–H groups in total. The molecule has 0 spiro atoms. The monoisotopic (exact) mass is 284 g/mol. The molecular weight excluding hydrogens is 269 g/mol. The Morgan fingerprint density at radius 3 is 2.55 bits per heavy atom. The van der Waals surface area contributed by atoms with Crippen LogP contribution in [0.4, 0.5) is 18.9 Å². The lowest BCUT2D eigenvalue weighted by molar-refractivity contribution is -0.137. The summed E-state index contributed by atoms with van der Waals surface area (Å²) < 4.78 is 39.2. The average molecular weight is 284 g/mol. The van der Waals surface area contributed by atoms with Crippen LogP contribution in [0.1, 0.15) is 41.3 Å². The third-order valence-electron chi connectivity index (χ3n) is 4.16. The van der Waals surface area contributed by atoms with Gasteiger partial charge in [0, 0.05) is 18.3 Å². The highest BCUT2D eigenvalue weighted by atomic mass is 19.4. The molecule has 1 atom stereocenters. The molecule has 1 heterocycles. The quantitative estimate of drug-likeness (QED) is 0.848. The SMILES string of the molecule is CC(C1CC1)N1Cc2cc(N)cc(C(F)(F)F)c2C1=O. The number of carbonyl (C=O) groups excluding carboxylic acids is 1. The molecule has 1 unspecified atom stereocenters. The number of nitrogens with zero attached hydrogens (tertiary/aromatic N) is 1. The number of benzene rings is 1. The number of nitrogens with two attached hydrogens (primary N) is 1. The van der Waals surface area contributed by atoms with E-state index in [0.29, 0.717) is 11.5 Å². The van der Waals surface area contributed by atoms with Crippen molar-refractivity contribution in [2.45, 2.75) is 38.5 Å². The maximum absolute atomic E-state index is 13.1. The zero-order chi connectivity index (χ0) is 14.7. The molecule has 6 heteroatoms. The molecule has 3 rings (SSSR count). The minimum atomic E-state index is -4.56. The first-order valence-corrected chi connectivity index (χ1v) is 6.59. The zero-order valence-electron chi connectivity index (χ0n) is 11.0. The van der Waals surface area contributed by atoms with Crippen LogP contribution < -0.4 is 5.73 Å². The van der Waals surface area contributed by atoms with Gasteiger partial charge in [-0.05, 0) is 43.4 Å². The van der Waals surface area contributed by atoms with E-state index < -0.39 is 17.6 Å². The fraction of sp³-hybridized carbons (Fsp3) is 0.500. The Morgan fingerprint density at radius 2 is 2.00 bits per heavy atom. The Morgan fingerprint density at radius 1 is 1.35 bits per heavy atom. The number of hydrogen-bond donors (Lipinski definition) is 1. The number of halogens is 3. The van der Waals surface area contributed by atoms with E-state index in [-0.39, 0.29) is 23.8 Å². The lowest BCUT2D eigenvalue weighted by atomic mass is 10.0. The summed E-state index contributed by atoms with van der Waals surface area (Å²) in [4.78, 5) is 13.9. The molecule has 0 radical (unpaired) electrons. The van der Waals surface area contributed by atoms with Gasteiger partial charge in [-0.25, -0.2) is 0 Å². The molecular formula is C14H15F3N2O. The van der Waals surface area contributed by atoms with Gasteiger partial charge in [0.2, 0.25) is 0 Å².